The number of rotatable bonds is 3. The first-order valence-corrected chi connectivity index (χ1v) is 8.28. The molecule has 24 heavy (non-hydrogen) atoms. The summed E-state index contributed by atoms with van der Waals surface area (Å²) in [6.45, 7) is 4.39. The minimum absolute atomic E-state index is 0.131. The Morgan fingerprint density at radius 2 is 1.25 bits per heavy atom. The van der Waals surface area contributed by atoms with Gasteiger partial charge in [-0.15, -0.1) is 0 Å². The van der Waals surface area contributed by atoms with E-state index in [1.807, 2.05) is 24.3 Å². The molecule has 0 fully saturated rings. The fraction of sp³-hybridized carbons (Fsp3) is 0.333. The highest BCUT2D eigenvalue weighted by atomic mass is 16.3. The van der Waals surface area contributed by atoms with Gasteiger partial charge >= 0.3 is 0 Å². The van der Waals surface area contributed by atoms with E-state index in [1.165, 1.54) is 0 Å². The number of allylic oxidation sites excluding steroid dienone is 6. The predicted molar refractivity (Wildman–Crippen MR) is 96.0 cm³/mol. The highest BCUT2D eigenvalue weighted by Gasteiger charge is 2.44. The maximum atomic E-state index is 9.72. The van der Waals surface area contributed by atoms with E-state index in [9.17, 15) is 15.3 Å². The zero-order valence-electron chi connectivity index (χ0n) is 14.1. The first-order valence-electron chi connectivity index (χ1n) is 8.28. The SMILES string of the molecule is CC1(C(c2ccc(O)cc2)C2(C)C=CC(O)=CC2)C=CC(O)=CC1. The quantitative estimate of drug-likeness (QED) is 0.708. The fourth-order valence-electron chi connectivity index (χ4n) is 4.08. The highest BCUT2D eigenvalue weighted by molar-refractivity contribution is 5.38. The number of hydrogen-bond acceptors (Lipinski definition) is 3. The molecule has 0 radical (unpaired) electrons. The van der Waals surface area contributed by atoms with Gasteiger partial charge in [-0.05, 0) is 65.7 Å². The molecule has 0 spiro atoms. The molecule has 2 aliphatic rings. The van der Waals surface area contributed by atoms with E-state index >= 15 is 0 Å². The summed E-state index contributed by atoms with van der Waals surface area (Å²) < 4.78 is 0. The van der Waals surface area contributed by atoms with Gasteiger partial charge in [-0.1, -0.05) is 38.1 Å². The smallest absolute Gasteiger partial charge is 0.115 e. The Labute approximate surface area is 143 Å². The summed E-state index contributed by atoms with van der Waals surface area (Å²) in [6, 6.07) is 7.37. The van der Waals surface area contributed by atoms with Crippen molar-refractivity contribution in [1.29, 1.82) is 0 Å². The molecule has 2 atom stereocenters. The fourth-order valence-corrected chi connectivity index (χ4v) is 4.08. The third-order valence-electron chi connectivity index (χ3n) is 5.32. The van der Waals surface area contributed by atoms with Crippen LogP contribution in [0, 0.1) is 10.8 Å². The van der Waals surface area contributed by atoms with Crippen molar-refractivity contribution in [2.75, 3.05) is 0 Å². The molecule has 1 aromatic carbocycles. The summed E-state index contributed by atoms with van der Waals surface area (Å²) in [4.78, 5) is 0. The molecule has 0 amide bonds. The van der Waals surface area contributed by atoms with E-state index in [2.05, 4.69) is 26.0 Å². The highest BCUT2D eigenvalue weighted by Crippen LogP contribution is 2.55. The molecule has 0 saturated carbocycles. The Morgan fingerprint density at radius 3 is 1.62 bits per heavy atom. The van der Waals surface area contributed by atoms with Crippen LogP contribution in [0.2, 0.25) is 0 Å². The molecule has 2 aliphatic carbocycles. The topological polar surface area (TPSA) is 60.7 Å². The Morgan fingerprint density at radius 1 is 0.792 bits per heavy atom. The van der Waals surface area contributed by atoms with Gasteiger partial charge in [-0.3, -0.25) is 0 Å². The average molecular weight is 324 g/mol. The molecule has 3 nitrogen and oxygen atoms in total. The number of phenols is 1. The lowest BCUT2D eigenvalue weighted by Gasteiger charge is -2.47. The van der Waals surface area contributed by atoms with Gasteiger partial charge in [0.1, 0.15) is 17.3 Å². The largest absolute Gasteiger partial charge is 0.508 e. The molecule has 0 aromatic heterocycles. The van der Waals surface area contributed by atoms with E-state index in [1.54, 1.807) is 24.3 Å². The first kappa shape index (κ1) is 16.4. The molecular weight excluding hydrogens is 300 g/mol. The van der Waals surface area contributed by atoms with Crippen LogP contribution in [0.5, 0.6) is 5.75 Å². The molecule has 3 rings (SSSR count). The standard InChI is InChI=1S/C21H24O3/c1-20(11-7-17(23)8-12-20)19(15-3-5-16(22)6-4-15)21(2)13-9-18(24)10-14-21/h3-11,13,19,22-24H,12,14H2,1-2H3. The second-order valence-corrected chi connectivity index (χ2v) is 7.37. The van der Waals surface area contributed by atoms with Crippen LogP contribution in [0.15, 0.2) is 72.2 Å². The van der Waals surface area contributed by atoms with Gasteiger partial charge in [0, 0.05) is 5.92 Å². The average Bonchev–Trinajstić information content (AvgIpc) is 2.56. The van der Waals surface area contributed by atoms with Crippen LogP contribution in [-0.4, -0.2) is 15.3 Å². The Kier molecular flexibility index (Phi) is 4.04. The molecule has 0 bridgehead atoms. The monoisotopic (exact) mass is 324 g/mol. The number of benzene rings is 1. The zero-order valence-corrected chi connectivity index (χ0v) is 14.1. The molecule has 0 aliphatic heterocycles. The van der Waals surface area contributed by atoms with Crippen molar-refractivity contribution >= 4 is 0 Å². The molecule has 0 heterocycles. The second-order valence-electron chi connectivity index (χ2n) is 7.37. The van der Waals surface area contributed by atoms with Gasteiger partial charge in [-0.2, -0.15) is 0 Å². The van der Waals surface area contributed by atoms with E-state index < -0.39 is 0 Å². The summed E-state index contributed by atoms with van der Waals surface area (Å²) >= 11 is 0. The van der Waals surface area contributed by atoms with Crippen LogP contribution < -0.4 is 0 Å². The van der Waals surface area contributed by atoms with Crippen molar-refractivity contribution in [3.63, 3.8) is 0 Å². The maximum Gasteiger partial charge on any atom is 0.115 e. The zero-order chi connectivity index (χ0) is 17.4. The van der Waals surface area contributed by atoms with E-state index in [-0.39, 0.29) is 22.5 Å². The van der Waals surface area contributed by atoms with Crippen molar-refractivity contribution in [2.45, 2.75) is 32.6 Å². The number of aromatic hydroxyl groups is 1. The van der Waals surface area contributed by atoms with Gasteiger partial charge in [0.05, 0.1) is 0 Å². The van der Waals surface area contributed by atoms with E-state index in [0.717, 1.165) is 18.4 Å². The maximum absolute atomic E-state index is 9.72. The lowest BCUT2D eigenvalue weighted by atomic mass is 9.57. The Bertz CT molecular complexity index is 697. The number of aliphatic hydroxyl groups is 2. The molecule has 0 saturated heterocycles. The summed E-state index contributed by atoms with van der Waals surface area (Å²) in [6.07, 6.45) is 12.9. The normalized spacial score (nSPS) is 30.6. The van der Waals surface area contributed by atoms with Gasteiger partial charge in [0.15, 0.2) is 0 Å². The van der Waals surface area contributed by atoms with Gasteiger partial charge in [-0.25, -0.2) is 0 Å². The molecule has 3 N–H and O–H groups in total. The minimum Gasteiger partial charge on any atom is -0.508 e. The molecule has 126 valence electrons. The lowest BCUT2D eigenvalue weighted by Crippen LogP contribution is -2.37. The molecular formula is C21H24O3. The molecule has 2 unspecified atom stereocenters. The molecule has 1 aromatic rings. The third-order valence-corrected chi connectivity index (χ3v) is 5.32. The summed E-state index contributed by atoms with van der Waals surface area (Å²) in [7, 11) is 0. The number of aliphatic hydroxyl groups excluding tert-OH is 2. The Hall–Kier alpha value is -2.42. The number of phenolic OH excluding ortho intramolecular Hbond substituents is 1. The summed E-state index contributed by atoms with van der Waals surface area (Å²) in [5.74, 6) is 0.991. The van der Waals surface area contributed by atoms with Crippen molar-refractivity contribution in [1.82, 2.24) is 0 Å². The van der Waals surface area contributed by atoms with Crippen molar-refractivity contribution in [3.05, 3.63) is 77.8 Å². The van der Waals surface area contributed by atoms with Gasteiger partial charge in [0.2, 0.25) is 0 Å². The van der Waals surface area contributed by atoms with Gasteiger partial charge < -0.3 is 15.3 Å². The van der Waals surface area contributed by atoms with Crippen LogP contribution >= 0.6 is 0 Å². The van der Waals surface area contributed by atoms with Crippen LogP contribution in [-0.2, 0) is 0 Å². The minimum atomic E-state index is -0.177. The summed E-state index contributed by atoms with van der Waals surface area (Å²) in [5, 5.41) is 29.1. The first-order chi connectivity index (χ1) is 11.3. The Balaban J connectivity index is 2.07. The van der Waals surface area contributed by atoms with E-state index in [0.29, 0.717) is 11.5 Å². The van der Waals surface area contributed by atoms with Crippen molar-refractivity contribution < 1.29 is 15.3 Å². The third kappa shape index (κ3) is 2.99. The van der Waals surface area contributed by atoms with Crippen LogP contribution in [0.25, 0.3) is 0 Å². The van der Waals surface area contributed by atoms with Crippen LogP contribution in [0.3, 0.4) is 0 Å². The summed E-state index contributed by atoms with van der Waals surface area (Å²) in [5.41, 5.74) is 0.781. The lowest BCUT2D eigenvalue weighted by molar-refractivity contribution is 0.189. The van der Waals surface area contributed by atoms with Gasteiger partial charge in [0.25, 0.3) is 0 Å². The number of hydrogen-bond donors (Lipinski definition) is 3. The van der Waals surface area contributed by atoms with Crippen molar-refractivity contribution in [2.24, 2.45) is 10.8 Å². The van der Waals surface area contributed by atoms with Crippen LogP contribution in [0.1, 0.15) is 38.2 Å². The predicted octanol–water partition coefficient (Wildman–Crippen LogP) is 5.29. The van der Waals surface area contributed by atoms with E-state index in [4.69, 9.17) is 0 Å². The molecule has 3 heteroatoms. The van der Waals surface area contributed by atoms with Crippen LogP contribution in [0.4, 0.5) is 0 Å². The van der Waals surface area contributed by atoms with Crippen molar-refractivity contribution in [3.8, 4) is 5.75 Å². The second kappa shape index (κ2) is 5.90.